The molecule has 5 aromatic rings. The van der Waals surface area contributed by atoms with Crippen molar-refractivity contribution in [1.29, 1.82) is 0 Å². The second-order valence-electron chi connectivity index (χ2n) is 10.2. The van der Waals surface area contributed by atoms with Gasteiger partial charge < -0.3 is 28.4 Å². The molecule has 11 heteroatoms. The molecule has 0 atom stereocenters. The molecule has 6 rings (SSSR count). The highest BCUT2D eigenvalue weighted by Gasteiger charge is 2.36. The predicted molar refractivity (Wildman–Crippen MR) is 147 cm³/mol. The first-order valence-corrected chi connectivity index (χ1v) is 13.1. The average molecular weight is 579 g/mol. The monoisotopic (exact) mass is 578 g/mol. The quantitative estimate of drug-likeness (QED) is 0.185. The fraction of sp³-hybridized carbons (Fsp3) is 0.226. The van der Waals surface area contributed by atoms with E-state index in [1.54, 1.807) is 16.8 Å². The molecule has 0 unspecified atom stereocenters. The van der Waals surface area contributed by atoms with E-state index < -0.39 is 12.5 Å². The van der Waals surface area contributed by atoms with Crippen molar-refractivity contribution in [2.75, 3.05) is 0 Å². The van der Waals surface area contributed by atoms with Crippen molar-refractivity contribution in [1.82, 2.24) is 9.72 Å². The van der Waals surface area contributed by atoms with Crippen molar-refractivity contribution in [3.05, 3.63) is 83.7 Å². The third-order valence-corrected chi connectivity index (χ3v) is 7.18. The molecule has 1 N–H and O–H groups in total. The summed E-state index contributed by atoms with van der Waals surface area (Å²) < 4.78 is 61.9. The molecular weight excluding hydrogens is 553 g/mol. The van der Waals surface area contributed by atoms with Gasteiger partial charge in [-0.1, -0.05) is 29.4 Å². The molecule has 0 bridgehead atoms. The Morgan fingerprint density at radius 1 is 1.07 bits per heavy atom. The van der Waals surface area contributed by atoms with Gasteiger partial charge in [-0.15, -0.1) is 13.2 Å². The number of fused-ring (bicyclic) bond motifs is 1. The number of para-hydroxylation sites is 1. The number of hydrogen-bond donors (Lipinski definition) is 1. The summed E-state index contributed by atoms with van der Waals surface area (Å²) in [6.07, 6.45) is -2.79. The van der Waals surface area contributed by atoms with Crippen LogP contribution in [0.15, 0.2) is 71.4 Å². The van der Waals surface area contributed by atoms with Gasteiger partial charge in [0.15, 0.2) is 5.75 Å². The normalized spacial score (nSPS) is 13.4. The lowest BCUT2D eigenvalue weighted by atomic mass is 9.99. The number of carboxylic acid groups (broad SMARTS) is 1. The van der Waals surface area contributed by atoms with Crippen molar-refractivity contribution in [3.8, 4) is 39.6 Å². The van der Waals surface area contributed by atoms with Crippen molar-refractivity contribution >= 4 is 17.1 Å². The first-order chi connectivity index (χ1) is 20.1. The van der Waals surface area contributed by atoms with Gasteiger partial charge in [0.1, 0.15) is 29.6 Å². The zero-order valence-corrected chi connectivity index (χ0v) is 22.6. The number of aromatic nitrogens is 2. The van der Waals surface area contributed by atoms with Gasteiger partial charge in [-0.3, -0.25) is 0 Å². The van der Waals surface area contributed by atoms with E-state index in [2.05, 4.69) is 9.89 Å². The number of aryl methyl sites for hydroxylation is 2. The van der Waals surface area contributed by atoms with Crippen molar-refractivity contribution in [2.45, 2.75) is 38.7 Å². The van der Waals surface area contributed by atoms with Crippen LogP contribution in [0.4, 0.5) is 18.0 Å². The molecule has 216 valence electrons. The molecule has 1 aliphatic rings. The molecule has 2 aromatic heterocycles. The zero-order valence-electron chi connectivity index (χ0n) is 22.6. The Labute approximate surface area is 237 Å². The van der Waals surface area contributed by atoms with Gasteiger partial charge in [0, 0.05) is 30.1 Å². The second-order valence-corrected chi connectivity index (χ2v) is 10.2. The number of nitrogens with zero attached hydrogens (tertiary/aromatic N) is 2. The van der Waals surface area contributed by atoms with Gasteiger partial charge in [0.25, 0.3) is 0 Å². The minimum absolute atomic E-state index is 0.0471. The standard InChI is InChI=1S/C31H25F3N2O6/c1-17-13-20(10-12-21(17)19-9-11-22-25(14-19)36(2)15-27(22)40-30(37)38)39-16-24-28(35-42-29(24)18-7-8-18)23-5-3-4-6-26(23)41-31(32,33)34/h3-6,9-15,18H,7-8,16H2,1-2H3,(H,37,38). The molecule has 0 saturated heterocycles. The van der Waals surface area contributed by atoms with Crippen LogP contribution in [0.1, 0.15) is 35.6 Å². The molecule has 1 aliphatic carbocycles. The minimum Gasteiger partial charge on any atom is -0.489 e. The SMILES string of the molecule is Cc1cc(OCc2c(-c3ccccc3OC(F)(F)F)noc2C2CC2)ccc1-c1ccc2c(OC(=O)O)cn(C)c2c1. The molecule has 2 heterocycles. The van der Waals surface area contributed by atoms with E-state index in [1.807, 2.05) is 50.4 Å². The highest BCUT2D eigenvalue weighted by molar-refractivity contribution is 5.92. The Bertz CT molecular complexity index is 1800. The summed E-state index contributed by atoms with van der Waals surface area (Å²) in [7, 11) is 1.81. The summed E-state index contributed by atoms with van der Waals surface area (Å²) >= 11 is 0. The fourth-order valence-electron chi connectivity index (χ4n) is 5.11. The van der Waals surface area contributed by atoms with Crippen LogP contribution in [-0.4, -0.2) is 27.3 Å². The van der Waals surface area contributed by atoms with Gasteiger partial charge in [-0.25, -0.2) is 4.79 Å². The van der Waals surface area contributed by atoms with Gasteiger partial charge >= 0.3 is 12.5 Å². The van der Waals surface area contributed by atoms with Crippen LogP contribution < -0.4 is 14.2 Å². The van der Waals surface area contributed by atoms with Crippen LogP contribution in [0.3, 0.4) is 0 Å². The van der Waals surface area contributed by atoms with Crippen LogP contribution in [0.5, 0.6) is 17.2 Å². The number of benzene rings is 3. The maximum Gasteiger partial charge on any atom is 0.573 e. The number of hydrogen-bond acceptors (Lipinski definition) is 6. The molecule has 3 aromatic carbocycles. The van der Waals surface area contributed by atoms with Gasteiger partial charge in [0.05, 0.1) is 11.1 Å². The summed E-state index contributed by atoms with van der Waals surface area (Å²) in [6.45, 7) is 1.99. The lowest BCUT2D eigenvalue weighted by Gasteiger charge is -2.14. The first-order valence-electron chi connectivity index (χ1n) is 13.1. The van der Waals surface area contributed by atoms with E-state index in [1.165, 1.54) is 18.2 Å². The first kappa shape index (κ1) is 27.3. The Morgan fingerprint density at radius 2 is 1.86 bits per heavy atom. The molecule has 0 amide bonds. The van der Waals surface area contributed by atoms with E-state index in [0.29, 0.717) is 22.5 Å². The van der Waals surface area contributed by atoms with Crippen molar-refractivity contribution < 1.29 is 41.8 Å². The van der Waals surface area contributed by atoms with Crippen LogP contribution in [0.2, 0.25) is 0 Å². The van der Waals surface area contributed by atoms with Gasteiger partial charge in [-0.05, 0) is 72.9 Å². The Balaban J connectivity index is 1.27. The highest BCUT2D eigenvalue weighted by Crippen LogP contribution is 2.46. The molecular formula is C31H25F3N2O6. The molecule has 1 saturated carbocycles. The van der Waals surface area contributed by atoms with Crippen molar-refractivity contribution in [3.63, 3.8) is 0 Å². The van der Waals surface area contributed by atoms with Crippen molar-refractivity contribution in [2.24, 2.45) is 7.05 Å². The summed E-state index contributed by atoms with van der Waals surface area (Å²) in [5.74, 6) is 1.24. The molecule has 8 nitrogen and oxygen atoms in total. The average Bonchev–Trinajstić information content (AvgIpc) is 3.62. The number of carbonyl (C=O) groups is 1. The maximum absolute atomic E-state index is 13.1. The second kappa shape index (κ2) is 10.5. The van der Waals surface area contributed by atoms with Gasteiger partial charge in [0.2, 0.25) is 0 Å². The summed E-state index contributed by atoms with van der Waals surface area (Å²) in [4.78, 5) is 11.0. The number of ether oxygens (including phenoxy) is 3. The molecule has 0 aliphatic heterocycles. The van der Waals surface area contributed by atoms with Crippen LogP contribution in [0.25, 0.3) is 33.3 Å². The van der Waals surface area contributed by atoms with E-state index in [0.717, 1.165) is 35.0 Å². The predicted octanol–water partition coefficient (Wildman–Crippen LogP) is 8.22. The van der Waals surface area contributed by atoms with Crippen LogP contribution in [-0.2, 0) is 13.7 Å². The topological polar surface area (TPSA) is 95.9 Å². The number of alkyl halides is 3. The van der Waals surface area contributed by atoms with Crippen LogP contribution in [0, 0.1) is 6.92 Å². The van der Waals surface area contributed by atoms with Gasteiger partial charge in [-0.2, -0.15) is 0 Å². The Hall–Kier alpha value is -4.93. The summed E-state index contributed by atoms with van der Waals surface area (Å²) in [5, 5.41) is 13.8. The number of halogens is 3. The molecule has 1 fully saturated rings. The number of rotatable bonds is 8. The fourth-order valence-corrected chi connectivity index (χ4v) is 5.11. The third-order valence-electron chi connectivity index (χ3n) is 7.18. The molecule has 0 radical (unpaired) electrons. The van der Waals surface area contributed by atoms with Crippen LogP contribution >= 0.6 is 0 Å². The summed E-state index contributed by atoms with van der Waals surface area (Å²) in [5.41, 5.74) is 4.63. The smallest absolute Gasteiger partial charge is 0.489 e. The van der Waals surface area contributed by atoms with E-state index in [-0.39, 0.29) is 35.3 Å². The maximum atomic E-state index is 13.1. The minimum atomic E-state index is -4.85. The lowest BCUT2D eigenvalue weighted by Crippen LogP contribution is -2.17. The van der Waals surface area contributed by atoms with E-state index in [9.17, 15) is 18.0 Å². The molecule has 42 heavy (non-hydrogen) atoms. The Morgan fingerprint density at radius 3 is 2.57 bits per heavy atom. The summed E-state index contributed by atoms with van der Waals surface area (Å²) in [6, 6.07) is 17.1. The Kier molecular flexibility index (Phi) is 6.80. The highest BCUT2D eigenvalue weighted by atomic mass is 19.4. The third kappa shape index (κ3) is 5.50. The zero-order chi connectivity index (χ0) is 29.6. The molecule has 0 spiro atoms. The van der Waals surface area contributed by atoms with E-state index >= 15 is 0 Å². The van der Waals surface area contributed by atoms with E-state index in [4.69, 9.17) is 19.1 Å². The largest absolute Gasteiger partial charge is 0.573 e. The lowest BCUT2D eigenvalue weighted by molar-refractivity contribution is -0.274.